The summed E-state index contributed by atoms with van der Waals surface area (Å²) in [7, 11) is 0.167. The number of hydrogen-bond donors (Lipinski definition) is 0. The first kappa shape index (κ1) is 58.9. The molecule has 0 rings (SSSR count). The summed E-state index contributed by atoms with van der Waals surface area (Å²) in [5.74, 6) is -2.64. The van der Waals surface area contributed by atoms with Crippen LogP contribution in [-0.2, 0) is 26.6 Å². The molecule has 0 saturated heterocycles. The highest BCUT2D eigenvalue weighted by molar-refractivity contribution is 6.83. The van der Waals surface area contributed by atoms with Crippen LogP contribution in [0.15, 0.2) is 0 Å². The first-order chi connectivity index (χ1) is 27.0. The van der Waals surface area contributed by atoms with E-state index in [9.17, 15) is 8.78 Å². The summed E-state index contributed by atoms with van der Waals surface area (Å²) < 4.78 is 62.0. The summed E-state index contributed by atoms with van der Waals surface area (Å²) in [6, 6.07) is 12.8. The maximum absolute atomic E-state index is 14.3. The summed E-state index contributed by atoms with van der Waals surface area (Å²) in [4.78, 5) is 2.11. The predicted octanol–water partition coefficient (Wildman–Crippen LogP) is 14.0. The van der Waals surface area contributed by atoms with Gasteiger partial charge < -0.3 is 26.6 Å². The van der Waals surface area contributed by atoms with Gasteiger partial charge in [0, 0.05) is 94.0 Å². The van der Waals surface area contributed by atoms with Gasteiger partial charge in [-0.25, -0.2) is 8.78 Å². The summed E-state index contributed by atoms with van der Waals surface area (Å²) in [5.41, 5.74) is 0. The maximum Gasteiger partial charge on any atom is 0.500 e. The average molecular weight is 933 g/mol. The Kier molecular flexibility index (Phi) is 30.6. The van der Waals surface area contributed by atoms with Gasteiger partial charge in [0.25, 0.3) is 5.92 Å². The summed E-state index contributed by atoms with van der Waals surface area (Å²) in [5, 5.41) is 0. The lowest BCUT2D eigenvalue weighted by Gasteiger charge is -2.32. The van der Waals surface area contributed by atoms with Gasteiger partial charge in [0.2, 0.25) is 0 Å². The van der Waals surface area contributed by atoms with Crippen molar-refractivity contribution in [3.8, 4) is 0 Å². The van der Waals surface area contributed by atoms with Crippen molar-refractivity contribution in [2.24, 2.45) is 0 Å². The molecule has 0 unspecified atom stereocenters. The first-order valence-electron chi connectivity index (χ1n) is 23.4. The van der Waals surface area contributed by atoms with Crippen molar-refractivity contribution < 1.29 is 35.3 Å². The average Bonchev–Trinajstić information content (AvgIpc) is 3.15. The van der Waals surface area contributed by atoms with Gasteiger partial charge in [-0.15, -0.1) is 0 Å². The molecule has 15 heteroatoms. The van der Waals surface area contributed by atoms with Crippen LogP contribution in [0.5, 0.6) is 0 Å². The minimum atomic E-state index is -2.64. The van der Waals surface area contributed by atoms with Crippen LogP contribution in [-0.4, -0.2) is 123 Å². The molecule has 0 aromatic carbocycles. The molecule has 0 fully saturated rings. The third kappa shape index (κ3) is 29.3. The van der Waals surface area contributed by atoms with Crippen LogP contribution >= 0.6 is 0 Å². The van der Waals surface area contributed by atoms with E-state index in [2.05, 4.69) is 57.3 Å². The molecule has 0 radical (unpaired) electrons. The van der Waals surface area contributed by atoms with Crippen molar-refractivity contribution in [1.82, 2.24) is 4.90 Å². The second-order valence-electron chi connectivity index (χ2n) is 21.0. The second-order valence-corrected chi connectivity index (χ2v) is 48.5. The van der Waals surface area contributed by atoms with E-state index in [4.69, 9.17) is 26.6 Å². The molecule has 0 atom stereocenters. The minimum Gasteiger partial charge on any atom is -0.377 e. The monoisotopic (exact) mass is 932 g/mol. The van der Waals surface area contributed by atoms with Gasteiger partial charge in [0.05, 0.1) is 6.54 Å². The van der Waals surface area contributed by atoms with Gasteiger partial charge in [-0.05, 0) is 38.8 Å². The van der Waals surface area contributed by atoms with Gasteiger partial charge >= 0.3 is 17.6 Å². The van der Waals surface area contributed by atoms with E-state index in [1.165, 1.54) is 113 Å². The van der Waals surface area contributed by atoms with E-state index in [0.29, 0.717) is 0 Å². The normalized spacial score (nSPS) is 14.0. The lowest BCUT2D eigenvalue weighted by molar-refractivity contribution is -0.0144. The number of halogens is 2. The zero-order chi connectivity index (χ0) is 44.4. The van der Waals surface area contributed by atoms with Crippen molar-refractivity contribution in [2.45, 2.75) is 216 Å². The number of unbranched alkanes of at least 4 members (excludes halogenated alkanes) is 10. The molecule has 0 heterocycles. The molecule has 7 nitrogen and oxygen atoms in total. The summed E-state index contributed by atoms with van der Waals surface area (Å²) in [6.07, 6.45) is 17.3. The van der Waals surface area contributed by atoms with Crippen LogP contribution in [0, 0.1) is 0 Å². The summed E-state index contributed by atoms with van der Waals surface area (Å²) >= 11 is 0. The predicted molar refractivity (Wildman–Crippen MR) is 263 cm³/mol. The summed E-state index contributed by atoms with van der Waals surface area (Å²) in [6.45, 7) is 23.2. The second kappa shape index (κ2) is 30.1. The van der Waals surface area contributed by atoms with E-state index in [1.54, 1.807) is 42.7 Å². The van der Waals surface area contributed by atoms with E-state index in [1.807, 2.05) is 0 Å². The Bertz CT molecular complexity index is 930. The highest BCUT2D eigenvalue weighted by Gasteiger charge is 2.38. The molecule has 0 amide bonds. The molecule has 0 bridgehead atoms. The molecule has 0 aromatic rings. The minimum absolute atomic E-state index is 0.0944. The van der Waals surface area contributed by atoms with Crippen LogP contribution in [0.4, 0.5) is 8.78 Å². The van der Waals surface area contributed by atoms with Crippen LogP contribution in [0.2, 0.25) is 113 Å². The smallest absolute Gasteiger partial charge is 0.377 e. The SMILES string of the molecule is CO[Si](CCCCCCCC[Si](C)(C)CC[Si](C)(C)CCCN(CCC[Si](C)(C)CC[Si](C)(C)CCCCCCCC[Si](OC)(OC)OC)CC(C)(F)F)(OC)OC. The largest absolute Gasteiger partial charge is 0.500 e. The number of hydrogen-bond acceptors (Lipinski definition) is 7. The third-order valence-corrected chi connectivity index (χ3v) is 33.1. The Morgan fingerprint density at radius 1 is 0.345 bits per heavy atom. The van der Waals surface area contributed by atoms with E-state index in [-0.39, 0.29) is 6.54 Å². The Morgan fingerprint density at radius 3 is 0.810 bits per heavy atom. The fourth-order valence-electron chi connectivity index (χ4n) is 8.50. The molecule has 0 spiro atoms. The Balaban J connectivity index is 4.52. The first-order valence-corrected chi connectivity index (χ1v) is 40.9. The lowest BCUT2D eigenvalue weighted by atomic mass is 10.1. The van der Waals surface area contributed by atoms with Gasteiger partial charge in [-0.1, -0.05) is 165 Å². The highest BCUT2D eigenvalue weighted by atomic mass is 28.4. The Morgan fingerprint density at radius 2 is 0.569 bits per heavy atom. The van der Waals surface area contributed by atoms with E-state index >= 15 is 0 Å². The number of nitrogens with zero attached hydrogens (tertiary/aromatic N) is 1. The Hall–Kier alpha value is 0.881. The van der Waals surface area contributed by atoms with Gasteiger partial charge in [-0.3, -0.25) is 4.90 Å². The molecule has 0 N–H and O–H groups in total. The van der Waals surface area contributed by atoms with Gasteiger partial charge in [0.1, 0.15) is 0 Å². The zero-order valence-corrected chi connectivity index (χ0v) is 47.2. The van der Waals surface area contributed by atoms with Crippen LogP contribution < -0.4 is 0 Å². The third-order valence-electron chi connectivity index (χ3n) is 13.2. The lowest BCUT2D eigenvalue weighted by Crippen LogP contribution is -2.42. The number of rotatable bonds is 40. The van der Waals surface area contributed by atoms with Crippen molar-refractivity contribution in [2.75, 3.05) is 62.3 Å². The van der Waals surface area contributed by atoms with Crippen molar-refractivity contribution in [1.29, 1.82) is 0 Å². The maximum atomic E-state index is 14.3. The van der Waals surface area contributed by atoms with Gasteiger partial charge in [0.15, 0.2) is 0 Å². The molecule has 350 valence electrons. The molecule has 58 heavy (non-hydrogen) atoms. The Labute approximate surface area is 366 Å². The molecule has 0 aliphatic rings. The van der Waals surface area contributed by atoms with Crippen molar-refractivity contribution in [3.05, 3.63) is 0 Å². The molecule has 0 aliphatic heterocycles. The quantitative estimate of drug-likeness (QED) is 0.0448. The van der Waals surface area contributed by atoms with Crippen LogP contribution in [0.3, 0.4) is 0 Å². The van der Waals surface area contributed by atoms with Gasteiger partial charge in [-0.2, -0.15) is 0 Å². The van der Waals surface area contributed by atoms with Crippen LogP contribution in [0.25, 0.3) is 0 Å². The standard InChI is InChI=1S/C43H99F2NO6Si6/c1-43(44,45)42-46(30-28-34-55(12,13)40-38-53(8,9)32-24-20-16-18-22-26-36-57(47-2,48-3)49-4)31-29-35-56(14,15)41-39-54(10,11)33-25-21-17-19-23-27-37-58(50-5,51-6)52-7/h16-42H2,1-15H3. The molecular weight excluding hydrogens is 833 g/mol. The van der Waals surface area contributed by atoms with E-state index in [0.717, 1.165) is 57.8 Å². The fourth-order valence-corrected chi connectivity index (χ4v) is 28.6. The van der Waals surface area contributed by atoms with Crippen molar-refractivity contribution in [3.63, 3.8) is 0 Å². The van der Waals surface area contributed by atoms with Crippen LogP contribution in [0.1, 0.15) is 96.8 Å². The van der Waals surface area contributed by atoms with E-state index < -0.39 is 55.8 Å². The molecule has 0 saturated carbocycles. The molecular formula is C43H99F2NO6Si6. The highest BCUT2D eigenvalue weighted by Crippen LogP contribution is 2.31. The fraction of sp³-hybridized carbons (Fsp3) is 1.00. The zero-order valence-electron chi connectivity index (χ0n) is 41.2. The molecule has 0 aromatic heterocycles. The van der Waals surface area contributed by atoms with Crippen molar-refractivity contribution >= 4 is 49.9 Å². The number of alkyl halides is 2. The topological polar surface area (TPSA) is 58.6 Å². The molecule has 0 aliphatic carbocycles.